The topological polar surface area (TPSA) is 73.1 Å². The van der Waals surface area contributed by atoms with Crippen molar-refractivity contribution in [2.45, 2.75) is 33.2 Å². The van der Waals surface area contributed by atoms with Crippen molar-refractivity contribution < 1.29 is 9.90 Å². The highest BCUT2D eigenvalue weighted by molar-refractivity contribution is 5.80. The van der Waals surface area contributed by atoms with E-state index in [0.29, 0.717) is 5.92 Å². The molecule has 14 heavy (non-hydrogen) atoms. The molecular weight excluding hydrogens is 180 g/mol. The number of rotatable bonds is 5. The molecule has 0 fully saturated rings. The first-order chi connectivity index (χ1) is 6.51. The lowest BCUT2D eigenvalue weighted by molar-refractivity contribution is -0.124. The number of nitrogens with zero attached hydrogens (tertiary/aromatic N) is 1. The Labute approximate surface area is 84.9 Å². The number of carbonyl (C=O) groups is 1. The van der Waals surface area contributed by atoms with Gasteiger partial charge in [-0.1, -0.05) is 13.8 Å². The number of carbonyl (C=O) groups excluding carboxylic acids is 1. The maximum Gasteiger partial charge on any atom is 0.237 e. The molecule has 0 bridgehead atoms. The smallest absolute Gasteiger partial charge is 0.237 e. The van der Waals surface area contributed by atoms with Crippen molar-refractivity contribution in [3.63, 3.8) is 0 Å². The van der Waals surface area contributed by atoms with Crippen LogP contribution in [0.25, 0.3) is 0 Å². The Hall–Kier alpha value is -1.08. The summed E-state index contributed by atoms with van der Waals surface area (Å²) < 4.78 is 0. The normalized spacial score (nSPS) is 14.6. The number of hydrogen-bond acceptors (Lipinski definition) is 3. The summed E-state index contributed by atoms with van der Waals surface area (Å²) in [6, 6.07) is 1.62. The van der Waals surface area contributed by atoms with Crippen molar-refractivity contribution in [3.8, 4) is 6.07 Å². The molecule has 0 saturated carbocycles. The second kappa shape index (κ2) is 6.39. The zero-order valence-corrected chi connectivity index (χ0v) is 8.95. The summed E-state index contributed by atoms with van der Waals surface area (Å²) in [4.78, 5) is 11.3. The zero-order chi connectivity index (χ0) is 11.1. The van der Waals surface area contributed by atoms with E-state index in [-0.39, 0.29) is 18.6 Å². The van der Waals surface area contributed by atoms with Gasteiger partial charge in [0, 0.05) is 0 Å². The van der Waals surface area contributed by atoms with Crippen molar-refractivity contribution >= 4 is 5.91 Å². The molecule has 0 aliphatic heterocycles. The van der Waals surface area contributed by atoms with Crippen LogP contribution in [0.15, 0.2) is 0 Å². The standard InChI is InChI=1S/C10H18N2O2/c1-7(2)4-9(6-13)12-10(14)8(3)5-11/h7-9,13H,4,6H2,1-3H3,(H,12,14). The second-order valence-corrected chi connectivity index (χ2v) is 3.87. The molecule has 4 nitrogen and oxygen atoms in total. The minimum atomic E-state index is -0.656. The van der Waals surface area contributed by atoms with Crippen LogP contribution in [-0.2, 0) is 4.79 Å². The van der Waals surface area contributed by atoms with E-state index in [2.05, 4.69) is 5.32 Å². The lowest BCUT2D eigenvalue weighted by Crippen LogP contribution is -2.40. The monoisotopic (exact) mass is 198 g/mol. The molecule has 0 aromatic rings. The fourth-order valence-corrected chi connectivity index (χ4v) is 1.13. The summed E-state index contributed by atoms with van der Waals surface area (Å²) >= 11 is 0. The largest absolute Gasteiger partial charge is 0.394 e. The van der Waals surface area contributed by atoms with E-state index in [1.807, 2.05) is 19.9 Å². The molecule has 0 aromatic carbocycles. The van der Waals surface area contributed by atoms with Crippen molar-refractivity contribution in [2.75, 3.05) is 6.61 Å². The first-order valence-electron chi connectivity index (χ1n) is 4.82. The van der Waals surface area contributed by atoms with Gasteiger partial charge >= 0.3 is 0 Å². The molecule has 0 aromatic heterocycles. The van der Waals surface area contributed by atoms with Gasteiger partial charge in [-0.05, 0) is 19.3 Å². The SMILES string of the molecule is CC(C)CC(CO)NC(=O)C(C)C#N. The summed E-state index contributed by atoms with van der Waals surface area (Å²) in [5.74, 6) is -0.562. The van der Waals surface area contributed by atoms with E-state index in [1.54, 1.807) is 6.92 Å². The van der Waals surface area contributed by atoms with Gasteiger partial charge in [-0.2, -0.15) is 5.26 Å². The first-order valence-corrected chi connectivity index (χ1v) is 4.82. The molecule has 0 rings (SSSR count). The van der Waals surface area contributed by atoms with Crippen LogP contribution in [0.3, 0.4) is 0 Å². The Balaban J connectivity index is 4.06. The van der Waals surface area contributed by atoms with Gasteiger partial charge in [-0.25, -0.2) is 0 Å². The highest BCUT2D eigenvalue weighted by Crippen LogP contribution is 2.05. The number of hydrogen-bond donors (Lipinski definition) is 2. The summed E-state index contributed by atoms with van der Waals surface area (Å²) in [6.45, 7) is 5.49. The third kappa shape index (κ3) is 4.83. The van der Waals surface area contributed by atoms with Crippen LogP contribution in [-0.4, -0.2) is 23.7 Å². The molecule has 0 spiro atoms. The predicted molar refractivity (Wildman–Crippen MR) is 53.2 cm³/mol. The zero-order valence-electron chi connectivity index (χ0n) is 8.95. The Morgan fingerprint density at radius 2 is 2.07 bits per heavy atom. The second-order valence-electron chi connectivity index (χ2n) is 3.87. The van der Waals surface area contributed by atoms with Gasteiger partial charge in [0.05, 0.1) is 18.7 Å². The molecule has 0 heterocycles. The number of amides is 1. The molecule has 80 valence electrons. The minimum absolute atomic E-state index is 0.0813. The average molecular weight is 198 g/mol. The molecule has 1 amide bonds. The number of aliphatic hydroxyl groups is 1. The summed E-state index contributed by atoms with van der Waals surface area (Å²) in [7, 11) is 0. The van der Waals surface area contributed by atoms with Crippen LogP contribution in [0.1, 0.15) is 27.2 Å². The van der Waals surface area contributed by atoms with Crippen LogP contribution in [0, 0.1) is 23.2 Å². The highest BCUT2D eigenvalue weighted by Gasteiger charge is 2.17. The van der Waals surface area contributed by atoms with Gasteiger partial charge in [0.2, 0.25) is 5.91 Å². The third-order valence-electron chi connectivity index (χ3n) is 1.91. The molecule has 2 atom stereocenters. The third-order valence-corrected chi connectivity index (χ3v) is 1.91. The van der Waals surface area contributed by atoms with Crippen LogP contribution in [0.2, 0.25) is 0 Å². The molecular formula is C10H18N2O2. The van der Waals surface area contributed by atoms with Gasteiger partial charge in [-0.15, -0.1) is 0 Å². The summed E-state index contributed by atoms with van der Waals surface area (Å²) in [5, 5.41) is 20.1. The molecule has 0 radical (unpaired) electrons. The molecule has 0 aliphatic rings. The van der Waals surface area contributed by atoms with Crippen LogP contribution in [0.4, 0.5) is 0 Å². The Morgan fingerprint density at radius 3 is 2.43 bits per heavy atom. The van der Waals surface area contributed by atoms with Crippen molar-refractivity contribution in [1.29, 1.82) is 5.26 Å². The van der Waals surface area contributed by atoms with E-state index >= 15 is 0 Å². The average Bonchev–Trinajstić information content (AvgIpc) is 2.14. The molecule has 4 heteroatoms. The Morgan fingerprint density at radius 1 is 1.50 bits per heavy atom. The fraction of sp³-hybridized carbons (Fsp3) is 0.800. The minimum Gasteiger partial charge on any atom is -0.394 e. The van der Waals surface area contributed by atoms with E-state index in [0.717, 1.165) is 6.42 Å². The molecule has 2 N–H and O–H groups in total. The van der Waals surface area contributed by atoms with Crippen molar-refractivity contribution in [3.05, 3.63) is 0 Å². The van der Waals surface area contributed by atoms with E-state index < -0.39 is 5.92 Å². The van der Waals surface area contributed by atoms with E-state index in [1.165, 1.54) is 0 Å². The van der Waals surface area contributed by atoms with Crippen LogP contribution >= 0.6 is 0 Å². The van der Waals surface area contributed by atoms with Crippen LogP contribution in [0.5, 0.6) is 0 Å². The molecule has 0 aliphatic carbocycles. The Bertz CT molecular complexity index is 221. The van der Waals surface area contributed by atoms with Gasteiger partial charge in [-0.3, -0.25) is 4.79 Å². The lowest BCUT2D eigenvalue weighted by Gasteiger charge is -2.18. The fourth-order valence-electron chi connectivity index (χ4n) is 1.13. The number of nitrogens with one attached hydrogen (secondary N) is 1. The summed E-state index contributed by atoms with van der Waals surface area (Å²) in [6.07, 6.45) is 0.723. The van der Waals surface area contributed by atoms with Gasteiger partial charge < -0.3 is 10.4 Å². The lowest BCUT2D eigenvalue weighted by atomic mass is 10.0. The van der Waals surface area contributed by atoms with Crippen molar-refractivity contribution in [1.82, 2.24) is 5.32 Å². The quantitative estimate of drug-likeness (QED) is 0.682. The van der Waals surface area contributed by atoms with Crippen LogP contribution < -0.4 is 5.32 Å². The highest BCUT2D eigenvalue weighted by atomic mass is 16.3. The number of nitriles is 1. The summed E-state index contributed by atoms with van der Waals surface area (Å²) in [5.41, 5.74) is 0. The predicted octanol–water partition coefficient (Wildman–Crippen LogP) is 0.669. The van der Waals surface area contributed by atoms with E-state index in [4.69, 9.17) is 10.4 Å². The maximum absolute atomic E-state index is 11.3. The maximum atomic E-state index is 11.3. The van der Waals surface area contributed by atoms with Gasteiger partial charge in [0.25, 0.3) is 0 Å². The van der Waals surface area contributed by atoms with Crippen molar-refractivity contribution in [2.24, 2.45) is 11.8 Å². The Kier molecular flexibility index (Phi) is 5.89. The molecule has 0 saturated heterocycles. The molecule has 2 unspecified atom stereocenters. The first kappa shape index (κ1) is 12.9. The van der Waals surface area contributed by atoms with E-state index in [9.17, 15) is 4.79 Å². The van der Waals surface area contributed by atoms with Gasteiger partial charge in [0.1, 0.15) is 5.92 Å². The number of aliphatic hydroxyl groups excluding tert-OH is 1. The van der Waals surface area contributed by atoms with Gasteiger partial charge in [0.15, 0.2) is 0 Å².